The first-order valence-electron chi connectivity index (χ1n) is 11.1. The average Bonchev–Trinajstić information content (AvgIpc) is 3.36. The van der Waals surface area contributed by atoms with Crippen molar-refractivity contribution in [3.8, 4) is 0 Å². The molecule has 5 fully saturated rings. The van der Waals surface area contributed by atoms with E-state index in [1.807, 2.05) is 27.7 Å². The summed E-state index contributed by atoms with van der Waals surface area (Å²) >= 11 is 0. The van der Waals surface area contributed by atoms with Crippen molar-refractivity contribution in [3.05, 3.63) is 0 Å². The Hall–Kier alpha value is -1.34. The number of amides is 2. The lowest BCUT2D eigenvalue weighted by molar-refractivity contribution is -0.275. The van der Waals surface area contributed by atoms with Crippen LogP contribution in [0.25, 0.3) is 0 Å². The highest BCUT2D eigenvalue weighted by atomic mass is 16.9. The lowest BCUT2D eigenvalue weighted by Gasteiger charge is -2.39. The minimum Gasteiger partial charge on any atom is -0.441 e. The van der Waals surface area contributed by atoms with Gasteiger partial charge in [-0.05, 0) is 34.6 Å². The number of rotatable bonds is 3. The molecule has 5 aliphatic heterocycles. The molecule has 0 N–H and O–H groups in total. The van der Waals surface area contributed by atoms with E-state index >= 15 is 0 Å². The van der Waals surface area contributed by atoms with Gasteiger partial charge in [-0.15, -0.1) is 0 Å². The maximum absolute atomic E-state index is 12.2. The van der Waals surface area contributed by atoms with Crippen LogP contribution in [0.15, 0.2) is 0 Å². The fourth-order valence-electron chi connectivity index (χ4n) is 5.21. The number of hydrogen-bond acceptors (Lipinski definition) is 10. The lowest BCUT2D eigenvalue weighted by atomic mass is 9.98. The molecule has 32 heavy (non-hydrogen) atoms. The van der Waals surface area contributed by atoms with Gasteiger partial charge in [0.2, 0.25) is 5.91 Å². The standard InChI is InChI=1S/C21H31NO10/c1-9-14-11(22(10(2)23)19(24)29-14)7-13(26-9)27-16-15(12-8-25-20(3,4)30-12)28-18-17(16)31-21(5,6)32-18/h9,11-18H,7-8H2,1-6H3/t9-,11-,12+,13-,14+,15+,16+,17+,18+/m0/s1. The van der Waals surface area contributed by atoms with Gasteiger partial charge >= 0.3 is 6.09 Å². The summed E-state index contributed by atoms with van der Waals surface area (Å²) in [6, 6.07) is -0.465. The van der Waals surface area contributed by atoms with Gasteiger partial charge in [-0.1, -0.05) is 0 Å². The van der Waals surface area contributed by atoms with Gasteiger partial charge in [-0.25, -0.2) is 9.69 Å². The molecule has 0 bridgehead atoms. The van der Waals surface area contributed by atoms with E-state index in [9.17, 15) is 9.59 Å². The van der Waals surface area contributed by atoms with Crippen molar-refractivity contribution in [2.45, 2.75) is 115 Å². The number of ether oxygens (including phenoxy) is 8. The molecular formula is C21H31NO10. The normalized spacial score (nSPS) is 46.8. The quantitative estimate of drug-likeness (QED) is 0.614. The molecule has 0 saturated carbocycles. The molecule has 11 nitrogen and oxygen atoms in total. The van der Waals surface area contributed by atoms with Gasteiger partial charge in [0.05, 0.1) is 18.8 Å². The SMILES string of the molecule is CC(=O)N1C(=O)O[C@@H]2[C@H](C)O[C@@H](O[C@H]3[C@H]4OC(C)(C)O[C@H]4O[C@@H]3[C@H]3COC(C)(C)O3)C[C@@H]21. The summed E-state index contributed by atoms with van der Waals surface area (Å²) in [5, 5.41) is 0. The highest BCUT2D eigenvalue weighted by molar-refractivity contribution is 5.92. The molecule has 180 valence electrons. The molecule has 0 aliphatic carbocycles. The third-order valence-corrected chi connectivity index (χ3v) is 6.48. The Morgan fingerprint density at radius 1 is 1.03 bits per heavy atom. The van der Waals surface area contributed by atoms with Gasteiger partial charge in [0.15, 0.2) is 30.3 Å². The van der Waals surface area contributed by atoms with Crippen LogP contribution in [0.5, 0.6) is 0 Å². The van der Waals surface area contributed by atoms with Gasteiger partial charge in [0.25, 0.3) is 0 Å². The number of hydrogen-bond donors (Lipinski definition) is 0. The van der Waals surface area contributed by atoms with E-state index < -0.39 is 66.8 Å². The lowest BCUT2D eigenvalue weighted by Crippen LogP contribution is -2.54. The molecule has 0 unspecified atom stereocenters. The summed E-state index contributed by atoms with van der Waals surface area (Å²) in [7, 11) is 0. The number of carbonyl (C=O) groups excluding carboxylic acids is 2. The summed E-state index contributed by atoms with van der Waals surface area (Å²) in [4.78, 5) is 25.4. The molecule has 0 aromatic heterocycles. The Morgan fingerprint density at radius 3 is 2.44 bits per heavy atom. The Labute approximate surface area is 186 Å². The fraction of sp³-hybridized carbons (Fsp3) is 0.905. The van der Waals surface area contributed by atoms with Gasteiger partial charge in [-0.3, -0.25) is 4.79 Å². The fourth-order valence-corrected chi connectivity index (χ4v) is 5.21. The predicted octanol–water partition coefficient (Wildman–Crippen LogP) is 1.27. The molecule has 9 atom stereocenters. The first-order valence-corrected chi connectivity index (χ1v) is 11.1. The van der Waals surface area contributed by atoms with Crippen LogP contribution in [0.1, 0.15) is 48.0 Å². The Balaban J connectivity index is 1.35. The highest BCUT2D eigenvalue weighted by Gasteiger charge is 2.60. The van der Waals surface area contributed by atoms with Crippen molar-refractivity contribution in [2.24, 2.45) is 0 Å². The monoisotopic (exact) mass is 457 g/mol. The molecular weight excluding hydrogens is 426 g/mol. The van der Waals surface area contributed by atoms with Crippen LogP contribution >= 0.6 is 0 Å². The van der Waals surface area contributed by atoms with Gasteiger partial charge in [0, 0.05) is 13.3 Å². The Kier molecular flexibility index (Phi) is 5.32. The first kappa shape index (κ1) is 22.5. The van der Waals surface area contributed by atoms with Crippen molar-refractivity contribution in [3.63, 3.8) is 0 Å². The second-order valence-electron chi connectivity index (χ2n) is 9.85. The topological polar surface area (TPSA) is 111 Å². The Morgan fingerprint density at radius 2 is 1.78 bits per heavy atom. The zero-order chi connectivity index (χ0) is 23.0. The van der Waals surface area contributed by atoms with Crippen LogP contribution in [0.4, 0.5) is 4.79 Å². The minimum absolute atomic E-state index is 0.276. The van der Waals surface area contributed by atoms with E-state index in [-0.39, 0.29) is 18.4 Å². The molecule has 5 aliphatic rings. The van der Waals surface area contributed by atoms with Crippen molar-refractivity contribution in [2.75, 3.05) is 6.61 Å². The summed E-state index contributed by atoms with van der Waals surface area (Å²) in [6.07, 6.45) is -4.65. The van der Waals surface area contributed by atoms with Gasteiger partial charge in [-0.2, -0.15) is 0 Å². The van der Waals surface area contributed by atoms with Crippen LogP contribution in [0.3, 0.4) is 0 Å². The minimum atomic E-state index is -0.822. The molecule has 0 radical (unpaired) electrons. The van der Waals surface area contributed by atoms with E-state index in [2.05, 4.69) is 0 Å². The second-order valence-corrected chi connectivity index (χ2v) is 9.85. The number of nitrogens with zero attached hydrogens (tertiary/aromatic N) is 1. The van der Waals surface area contributed by atoms with Crippen LogP contribution in [0, 0.1) is 0 Å². The number of carbonyl (C=O) groups is 2. The van der Waals surface area contributed by atoms with E-state index in [1.165, 1.54) is 6.92 Å². The van der Waals surface area contributed by atoms with Crippen LogP contribution in [-0.2, 0) is 42.7 Å². The largest absolute Gasteiger partial charge is 0.441 e. The van der Waals surface area contributed by atoms with Crippen LogP contribution in [-0.4, -0.2) is 90.3 Å². The van der Waals surface area contributed by atoms with Gasteiger partial charge in [0.1, 0.15) is 24.4 Å². The van der Waals surface area contributed by atoms with Crippen molar-refractivity contribution < 1.29 is 47.5 Å². The molecule has 5 saturated heterocycles. The summed E-state index contributed by atoms with van der Waals surface area (Å²) < 4.78 is 47.7. The third kappa shape index (κ3) is 3.83. The van der Waals surface area contributed by atoms with Gasteiger partial charge < -0.3 is 37.9 Å². The van der Waals surface area contributed by atoms with Crippen molar-refractivity contribution in [1.29, 1.82) is 0 Å². The van der Waals surface area contributed by atoms with E-state index in [0.717, 1.165) is 4.90 Å². The molecule has 0 aromatic carbocycles. The maximum atomic E-state index is 12.2. The summed E-state index contributed by atoms with van der Waals surface area (Å²) in [6.45, 7) is 10.8. The average molecular weight is 457 g/mol. The first-order chi connectivity index (χ1) is 14.9. The van der Waals surface area contributed by atoms with E-state index in [1.54, 1.807) is 6.92 Å². The van der Waals surface area contributed by atoms with Crippen molar-refractivity contribution >= 4 is 12.0 Å². The maximum Gasteiger partial charge on any atom is 0.417 e. The smallest absolute Gasteiger partial charge is 0.417 e. The molecule has 11 heteroatoms. The van der Waals surface area contributed by atoms with Crippen molar-refractivity contribution in [1.82, 2.24) is 4.90 Å². The summed E-state index contributed by atoms with van der Waals surface area (Å²) in [5.41, 5.74) is 0. The molecule has 5 rings (SSSR count). The molecule has 0 spiro atoms. The van der Waals surface area contributed by atoms with Crippen LogP contribution < -0.4 is 0 Å². The van der Waals surface area contributed by atoms with E-state index in [0.29, 0.717) is 6.61 Å². The highest BCUT2D eigenvalue weighted by Crippen LogP contribution is 2.43. The zero-order valence-corrected chi connectivity index (χ0v) is 19.1. The zero-order valence-electron chi connectivity index (χ0n) is 19.1. The number of imide groups is 1. The van der Waals surface area contributed by atoms with E-state index in [4.69, 9.17) is 37.9 Å². The second kappa shape index (κ2) is 7.59. The number of fused-ring (bicyclic) bond motifs is 2. The van der Waals surface area contributed by atoms with Crippen LogP contribution in [0.2, 0.25) is 0 Å². The predicted molar refractivity (Wildman–Crippen MR) is 104 cm³/mol. The molecule has 2 amide bonds. The third-order valence-electron chi connectivity index (χ3n) is 6.48. The Bertz CT molecular complexity index is 787. The summed E-state index contributed by atoms with van der Waals surface area (Å²) in [5.74, 6) is -1.92. The molecule has 0 aromatic rings. The molecule has 5 heterocycles.